The van der Waals surface area contributed by atoms with Gasteiger partial charge in [0.15, 0.2) is 11.9 Å². The van der Waals surface area contributed by atoms with Crippen molar-refractivity contribution in [2.75, 3.05) is 19.3 Å². The molecule has 0 unspecified atom stereocenters. The monoisotopic (exact) mass is 441 g/mol. The molecule has 0 saturated carbocycles. The summed E-state index contributed by atoms with van der Waals surface area (Å²) < 4.78 is 1.71. The maximum atomic E-state index is 12.0. The Hall–Kier alpha value is -4.29. The van der Waals surface area contributed by atoms with Gasteiger partial charge in [0.1, 0.15) is 11.3 Å². The van der Waals surface area contributed by atoms with Crippen LogP contribution < -0.4 is 5.73 Å². The Morgan fingerprint density at radius 3 is 2.79 bits per heavy atom. The van der Waals surface area contributed by atoms with Gasteiger partial charge in [-0.15, -0.1) is 0 Å². The molecule has 3 N–H and O–H groups in total. The van der Waals surface area contributed by atoms with Crippen molar-refractivity contribution in [2.24, 2.45) is 7.05 Å². The molecule has 3 aromatic heterocycles. The molecule has 3 heterocycles. The van der Waals surface area contributed by atoms with Crippen LogP contribution in [0.3, 0.4) is 0 Å². The highest BCUT2D eigenvalue weighted by Crippen LogP contribution is 2.30. The van der Waals surface area contributed by atoms with Gasteiger partial charge in [-0.1, -0.05) is 24.0 Å². The molecule has 1 atom stereocenters. The molecule has 1 amide bonds. The highest BCUT2D eigenvalue weighted by atomic mass is 16.3. The highest BCUT2D eigenvalue weighted by molar-refractivity contribution is 5.98. The standard InChI is InChI=1S/C24H23N7O2/c1-4-30(2)24(33)20(32)9-8-15-6-5-7-16(10-15)23-27-13-19-18(17-11-28-31(3)14-17)12-26-22(25)21(19)29-23/h5-7,10-14,20,32H,4H2,1-3H3,(H2,25,26)/t20-/m1/s1. The predicted octanol–water partition coefficient (Wildman–Crippen LogP) is 1.87. The van der Waals surface area contributed by atoms with Gasteiger partial charge in [-0.05, 0) is 19.1 Å². The van der Waals surface area contributed by atoms with Crippen LogP contribution in [-0.2, 0) is 11.8 Å². The number of aliphatic hydroxyl groups excluding tert-OH is 1. The van der Waals surface area contributed by atoms with E-state index in [9.17, 15) is 9.90 Å². The molecule has 0 aliphatic rings. The van der Waals surface area contributed by atoms with Crippen LogP contribution in [-0.4, -0.2) is 60.3 Å². The second kappa shape index (κ2) is 9.06. The van der Waals surface area contributed by atoms with E-state index < -0.39 is 12.0 Å². The number of aliphatic hydroxyl groups is 1. The maximum absolute atomic E-state index is 12.0. The van der Waals surface area contributed by atoms with E-state index in [1.807, 2.05) is 32.3 Å². The number of hydrogen-bond acceptors (Lipinski definition) is 7. The van der Waals surface area contributed by atoms with Crippen LogP contribution >= 0.6 is 0 Å². The van der Waals surface area contributed by atoms with Gasteiger partial charge in [0, 0.05) is 66.9 Å². The summed E-state index contributed by atoms with van der Waals surface area (Å²) in [5.74, 6) is 5.77. The first-order valence-electron chi connectivity index (χ1n) is 10.3. The predicted molar refractivity (Wildman–Crippen MR) is 126 cm³/mol. The quantitative estimate of drug-likeness (QED) is 0.464. The first kappa shape index (κ1) is 21.9. The molecule has 0 saturated heterocycles. The topological polar surface area (TPSA) is 123 Å². The van der Waals surface area contributed by atoms with Gasteiger partial charge >= 0.3 is 0 Å². The molecule has 0 spiro atoms. The molecular formula is C24H23N7O2. The van der Waals surface area contributed by atoms with Gasteiger partial charge in [-0.25, -0.2) is 15.0 Å². The van der Waals surface area contributed by atoms with Gasteiger partial charge < -0.3 is 15.7 Å². The molecule has 9 heteroatoms. The normalized spacial score (nSPS) is 11.6. The number of fused-ring (bicyclic) bond motifs is 1. The maximum Gasteiger partial charge on any atom is 0.263 e. The molecule has 0 aliphatic heterocycles. The summed E-state index contributed by atoms with van der Waals surface area (Å²) in [7, 11) is 3.46. The Kier molecular flexibility index (Phi) is 6.02. The van der Waals surface area contributed by atoms with Crippen LogP contribution in [0.4, 0.5) is 5.82 Å². The zero-order valence-corrected chi connectivity index (χ0v) is 18.5. The Balaban J connectivity index is 1.69. The number of nitrogen functional groups attached to an aromatic ring is 1. The van der Waals surface area contributed by atoms with Crippen molar-refractivity contribution in [3.05, 3.63) is 54.6 Å². The van der Waals surface area contributed by atoms with Crippen LogP contribution in [0.2, 0.25) is 0 Å². The third-order valence-electron chi connectivity index (χ3n) is 5.23. The number of carbonyl (C=O) groups excluding carboxylic acids is 1. The number of likely N-dealkylation sites (N-methyl/N-ethyl adjacent to an activating group) is 1. The van der Waals surface area contributed by atoms with E-state index in [1.54, 1.807) is 42.5 Å². The van der Waals surface area contributed by atoms with Crippen molar-refractivity contribution in [3.8, 4) is 34.4 Å². The molecule has 4 rings (SSSR count). The average molecular weight is 441 g/mol. The number of rotatable bonds is 4. The molecule has 1 aromatic carbocycles. The number of aromatic nitrogens is 5. The number of pyridine rings is 1. The number of amides is 1. The third kappa shape index (κ3) is 4.51. The summed E-state index contributed by atoms with van der Waals surface area (Å²) in [5.41, 5.74) is 9.75. The number of anilines is 1. The number of aryl methyl sites for hydroxylation is 1. The van der Waals surface area contributed by atoms with Crippen LogP contribution in [0.1, 0.15) is 12.5 Å². The van der Waals surface area contributed by atoms with Crippen molar-refractivity contribution in [2.45, 2.75) is 13.0 Å². The molecule has 0 fully saturated rings. The van der Waals surface area contributed by atoms with Crippen molar-refractivity contribution in [3.63, 3.8) is 0 Å². The van der Waals surface area contributed by atoms with E-state index in [0.29, 0.717) is 29.3 Å². The van der Waals surface area contributed by atoms with Crippen LogP contribution in [0.15, 0.2) is 49.1 Å². The number of nitrogens with zero attached hydrogens (tertiary/aromatic N) is 6. The van der Waals surface area contributed by atoms with E-state index in [1.165, 1.54) is 4.90 Å². The first-order valence-corrected chi connectivity index (χ1v) is 10.3. The van der Waals surface area contributed by atoms with Crippen LogP contribution in [0.25, 0.3) is 33.4 Å². The van der Waals surface area contributed by atoms with E-state index in [0.717, 1.165) is 22.1 Å². The van der Waals surface area contributed by atoms with Crippen molar-refractivity contribution >= 4 is 22.6 Å². The van der Waals surface area contributed by atoms with E-state index in [4.69, 9.17) is 5.73 Å². The lowest BCUT2D eigenvalue weighted by Gasteiger charge is -2.15. The first-order chi connectivity index (χ1) is 15.9. The van der Waals surface area contributed by atoms with Gasteiger partial charge in [-0.3, -0.25) is 9.48 Å². The average Bonchev–Trinajstić information content (AvgIpc) is 3.27. The molecule has 33 heavy (non-hydrogen) atoms. The Labute approximate surface area is 190 Å². The molecule has 9 nitrogen and oxygen atoms in total. The second-order valence-electron chi connectivity index (χ2n) is 7.52. The molecule has 166 valence electrons. The van der Waals surface area contributed by atoms with E-state index >= 15 is 0 Å². The lowest BCUT2D eigenvalue weighted by molar-refractivity contribution is -0.135. The van der Waals surface area contributed by atoms with Crippen molar-refractivity contribution in [1.29, 1.82) is 0 Å². The molecule has 4 aromatic rings. The number of carbonyl (C=O) groups is 1. The number of nitrogens with two attached hydrogens (primary N) is 1. The lowest BCUT2D eigenvalue weighted by atomic mass is 10.1. The zero-order chi connectivity index (χ0) is 23.5. The summed E-state index contributed by atoms with van der Waals surface area (Å²) in [6.07, 6.45) is 5.67. The summed E-state index contributed by atoms with van der Waals surface area (Å²) in [4.78, 5) is 26.9. The summed E-state index contributed by atoms with van der Waals surface area (Å²) in [6, 6.07) is 7.25. The third-order valence-corrected chi connectivity index (χ3v) is 5.23. The Bertz CT molecular complexity index is 1400. The lowest BCUT2D eigenvalue weighted by Crippen LogP contribution is -2.35. The Morgan fingerprint density at radius 1 is 1.24 bits per heavy atom. The molecule has 0 aliphatic carbocycles. The number of benzene rings is 1. The van der Waals surface area contributed by atoms with E-state index in [-0.39, 0.29) is 0 Å². The minimum absolute atomic E-state index is 0.305. The summed E-state index contributed by atoms with van der Waals surface area (Å²) >= 11 is 0. The summed E-state index contributed by atoms with van der Waals surface area (Å²) in [5, 5.41) is 15.0. The van der Waals surface area contributed by atoms with Crippen molar-refractivity contribution in [1.82, 2.24) is 29.6 Å². The van der Waals surface area contributed by atoms with Crippen LogP contribution in [0.5, 0.6) is 0 Å². The Morgan fingerprint density at radius 2 is 2.06 bits per heavy atom. The molecule has 0 bridgehead atoms. The molecule has 0 radical (unpaired) electrons. The fourth-order valence-electron chi connectivity index (χ4n) is 3.28. The van der Waals surface area contributed by atoms with Crippen molar-refractivity contribution < 1.29 is 9.90 Å². The van der Waals surface area contributed by atoms with Gasteiger partial charge in [-0.2, -0.15) is 5.10 Å². The SMILES string of the molecule is CCN(C)C(=O)[C@H](O)C#Cc1cccc(-c2ncc3c(-c4cnn(C)c4)cnc(N)c3n2)c1. The van der Waals surface area contributed by atoms with Crippen LogP contribution in [0, 0.1) is 11.8 Å². The highest BCUT2D eigenvalue weighted by Gasteiger charge is 2.16. The largest absolute Gasteiger partial charge is 0.382 e. The fourth-order valence-corrected chi connectivity index (χ4v) is 3.28. The minimum atomic E-state index is -1.38. The smallest absolute Gasteiger partial charge is 0.263 e. The van der Waals surface area contributed by atoms with E-state index in [2.05, 4.69) is 31.9 Å². The summed E-state index contributed by atoms with van der Waals surface area (Å²) in [6.45, 7) is 2.32. The zero-order valence-electron chi connectivity index (χ0n) is 18.5. The number of hydrogen-bond donors (Lipinski definition) is 2. The fraction of sp³-hybridized carbons (Fsp3) is 0.208. The van der Waals surface area contributed by atoms with Gasteiger partial charge in [0.2, 0.25) is 0 Å². The molecular weight excluding hydrogens is 418 g/mol. The van der Waals surface area contributed by atoms with Gasteiger partial charge in [0.25, 0.3) is 5.91 Å². The van der Waals surface area contributed by atoms with Gasteiger partial charge in [0.05, 0.1) is 6.20 Å². The minimum Gasteiger partial charge on any atom is -0.382 e. The second-order valence-corrected chi connectivity index (χ2v) is 7.52.